The minimum Gasteiger partial charge on any atom is -0.741 e. The Balaban J connectivity index is 0.000000289. The minimum atomic E-state index is -6.09. The molecule has 0 saturated heterocycles. The van der Waals surface area contributed by atoms with Crippen molar-refractivity contribution in [2.45, 2.75) is 30.6 Å². The fourth-order valence-corrected chi connectivity index (χ4v) is 4.19. The third-order valence-electron chi connectivity index (χ3n) is 4.11. The molecule has 0 aliphatic rings. The molecule has 0 aliphatic heterocycles. The van der Waals surface area contributed by atoms with Gasteiger partial charge < -0.3 is 9.11 Å². The lowest BCUT2D eigenvalue weighted by atomic mass is 10.4. The van der Waals surface area contributed by atoms with Crippen molar-refractivity contribution in [2.75, 3.05) is 0 Å². The predicted molar refractivity (Wildman–Crippen MR) is 148 cm³/mol. The maximum absolute atomic E-state index is 10.7. The molecule has 0 N–H and O–H groups in total. The molecule has 4 aromatic rings. The molecule has 42 heavy (non-hydrogen) atoms. The Hall–Kier alpha value is -3.02. The third kappa shape index (κ3) is 15.8. The van der Waals surface area contributed by atoms with Crippen LogP contribution in [0.25, 0.3) is 0 Å². The quantitative estimate of drug-likeness (QED) is 0.0872. The Morgan fingerprint density at radius 2 is 0.548 bits per heavy atom. The Morgan fingerprint density at radius 1 is 0.405 bits per heavy atom. The summed E-state index contributed by atoms with van der Waals surface area (Å²) in [6.07, 6.45) is 0. The molecule has 0 unspecified atom stereocenters. The van der Waals surface area contributed by atoms with Crippen LogP contribution in [0.4, 0.5) is 26.3 Å². The lowest BCUT2D eigenvalue weighted by Gasteiger charge is -2.08. The van der Waals surface area contributed by atoms with E-state index in [0.29, 0.717) is 0 Å². The fraction of sp³-hybridized carbons (Fsp3) is 0.0769. The van der Waals surface area contributed by atoms with E-state index in [4.69, 9.17) is 25.9 Å². The number of thiol groups is 2. The van der Waals surface area contributed by atoms with Gasteiger partial charge in [-0.05, 0) is 48.5 Å². The van der Waals surface area contributed by atoms with Gasteiger partial charge in [-0.1, -0.05) is 72.8 Å². The summed E-state index contributed by atoms with van der Waals surface area (Å²) in [6.45, 7) is 0. The van der Waals surface area contributed by atoms with Crippen LogP contribution in [-0.2, 0) is 43.8 Å². The van der Waals surface area contributed by atoms with Gasteiger partial charge in [0.25, 0.3) is 0 Å². The first-order chi connectivity index (χ1) is 19.4. The van der Waals surface area contributed by atoms with Crippen molar-refractivity contribution >= 4 is 43.8 Å². The fourth-order valence-electron chi connectivity index (χ4n) is 2.31. The van der Waals surface area contributed by atoms with Crippen LogP contribution >= 0.6 is 0 Å². The number of benzene rings is 4. The maximum Gasteiger partial charge on any atom is 0.485 e. The van der Waals surface area contributed by atoms with E-state index in [-0.39, 0.29) is 0 Å². The molecule has 6 nitrogen and oxygen atoms in total. The largest absolute Gasteiger partial charge is 0.741 e. The van der Waals surface area contributed by atoms with Crippen molar-refractivity contribution in [3.63, 3.8) is 0 Å². The highest BCUT2D eigenvalue weighted by molar-refractivity contribution is 7.86. The van der Waals surface area contributed by atoms with Crippen LogP contribution in [0.5, 0.6) is 0 Å². The summed E-state index contributed by atoms with van der Waals surface area (Å²) >= 11 is 2.56. The average Bonchev–Trinajstić information content (AvgIpc) is 2.90. The zero-order valence-corrected chi connectivity index (χ0v) is 24.4. The van der Waals surface area contributed by atoms with E-state index in [0.717, 1.165) is 0 Å². The van der Waals surface area contributed by atoms with E-state index in [1.165, 1.54) is 43.1 Å². The maximum atomic E-state index is 10.7. The van der Waals surface area contributed by atoms with E-state index in [1.54, 1.807) is 0 Å². The van der Waals surface area contributed by atoms with Crippen molar-refractivity contribution in [2.24, 2.45) is 0 Å². The van der Waals surface area contributed by atoms with Gasteiger partial charge in [-0.3, -0.25) is 0 Å². The van der Waals surface area contributed by atoms with Crippen molar-refractivity contribution in [1.29, 1.82) is 0 Å². The van der Waals surface area contributed by atoms with Gasteiger partial charge in [-0.25, -0.2) is 16.8 Å². The monoisotopic (exact) mass is 672 g/mol. The number of hydrogen-bond acceptors (Lipinski definition) is 6. The molecule has 4 aromatic carbocycles. The topological polar surface area (TPSA) is 114 Å². The molecule has 0 aromatic heterocycles. The predicted octanol–water partition coefficient (Wildman–Crippen LogP) is 5.94. The molecule has 228 valence electrons. The second-order valence-corrected chi connectivity index (χ2v) is 12.6. The Labute approximate surface area is 247 Å². The van der Waals surface area contributed by atoms with Crippen molar-refractivity contribution < 1.29 is 52.3 Å². The molecule has 0 heterocycles. The zero-order chi connectivity index (χ0) is 31.9. The van der Waals surface area contributed by atoms with Gasteiger partial charge in [0.05, 0.1) is 0 Å². The molecular formula is C26H22F6O6S4. The van der Waals surface area contributed by atoms with Crippen LogP contribution < -0.4 is 0 Å². The lowest BCUT2D eigenvalue weighted by Crippen LogP contribution is -2.21. The second kappa shape index (κ2) is 17.2. The van der Waals surface area contributed by atoms with Gasteiger partial charge in [0.1, 0.15) is 0 Å². The van der Waals surface area contributed by atoms with Crippen LogP contribution in [0.1, 0.15) is 0 Å². The number of alkyl halides is 6. The van der Waals surface area contributed by atoms with Crippen LogP contribution in [0.3, 0.4) is 0 Å². The molecule has 0 spiro atoms. The SMILES string of the molecule is O=S(=O)([O-])C(F)(F)F.O=S(=O)([O-])C(F)(F)F.c1ccc([SH+]c2ccccc2)cc1.c1ccc([SH+]c2ccccc2)cc1. The van der Waals surface area contributed by atoms with Gasteiger partial charge in [0.2, 0.25) is 0 Å². The molecule has 0 amide bonds. The van der Waals surface area contributed by atoms with E-state index >= 15 is 0 Å². The summed E-state index contributed by atoms with van der Waals surface area (Å²) in [5.41, 5.74) is -11.3. The number of hydrogen-bond donors (Lipinski definition) is 0. The Bertz CT molecular complexity index is 1330. The van der Waals surface area contributed by atoms with Gasteiger partial charge >= 0.3 is 11.0 Å². The van der Waals surface area contributed by atoms with Gasteiger partial charge in [-0.15, -0.1) is 0 Å². The van der Waals surface area contributed by atoms with Crippen LogP contribution in [0.15, 0.2) is 141 Å². The average molecular weight is 673 g/mol. The molecule has 0 radical (unpaired) electrons. The first-order valence-electron chi connectivity index (χ1n) is 11.1. The molecule has 0 atom stereocenters. The van der Waals surface area contributed by atoms with Gasteiger partial charge in [0, 0.05) is 23.5 Å². The summed E-state index contributed by atoms with van der Waals surface area (Å²) in [4.78, 5) is 5.37. The highest BCUT2D eigenvalue weighted by Crippen LogP contribution is 2.21. The Morgan fingerprint density at radius 3 is 0.667 bits per heavy atom. The normalized spacial score (nSPS) is 11.4. The van der Waals surface area contributed by atoms with E-state index in [9.17, 15) is 26.3 Å². The molecule has 0 fully saturated rings. The highest BCUT2D eigenvalue weighted by atomic mass is 32.2. The van der Waals surface area contributed by atoms with E-state index < -0.39 is 31.3 Å². The molecular weight excluding hydrogens is 651 g/mol. The van der Waals surface area contributed by atoms with Crippen LogP contribution in [0.2, 0.25) is 0 Å². The van der Waals surface area contributed by atoms with Crippen LogP contribution in [0, 0.1) is 0 Å². The summed E-state index contributed by atoms with van der Waals surface area (Å²) in [5.74, 6) is 0. The molecule has 16 heteroatoms. The third-order valence-corrected chi connectivity index (χ3v) is 7.47. The standard InChI is InChI=1S/2C12H10S.2CHF3O3S/c2*1-3-7-11(8-4-1)13-12-9-5-2-6-10-12;2*2-1(3,4)8(5,6)7/h2*1-10H;2*(H,5,6,7). The lowest BCUT2D eigenvalue weighted by molar-refractivity contribution is -0.0522. The van der Waals surface area contributed by atoms with Gasteiger partial charge in [-0.2, -0.15) is 26.3 Å². The van der Waals surface area contributed by atoms with Crippen molar-refractivity contribution in [1.82, 2.24) is 0 Å². The smallest absolute Gasteiger partial charge is 0.485 e. The van der Waals surface area contributed by atoms with Crippen LogP contribution in [-0.4, -0.2) is 37.0 Å². The van der Waals surface area contributed by atoms with Crippen molar-refractivity contribution in [3.05, 3.63) is 121 Å². The number of rotatable bonds is 4. The molecule has 0 bridgehead atoms. The zero-order valence-electron chi connectivity index (χ0n) is 21.0. The van der Waals surface area contributed by atoms with Crippen molar-refractivity contribution in [3.8, 4) is 0 Å². The summed E-state index contributed by atoms with van der Waals surface area (Å²) in [5, 5.41) is 0. The summed E-state index contributed by atoms with van der Waals surface area (Å²) in [6, 6.07) is 42.0. The highest BCUT2D eigenvalue weighted by Gasteiger charge is 2.37. The molecule has 0 aliphatic carbocycles. The second-order valence-electron chi connectivity index (χ2n) is 7.37. The van der Waals surface area contributed by atoms with E-state index in [2.05, 4.69) is 97.1 Å². The minimum absolute atomic E-state index is 1.28. The van der Waals surface area contributed by atoms with Gasteiger partial charge in [0.15, 0.2) is 39.8 Å². The first kappa shape index (κ1) is 37.0. The molecule has 4 rings (SSSR count). The van der Waals surface area contributed by atoms with E-state index in [1.807, 2.05) is 24.3 Å². The Kier molecular flexibility index (Phi) is 15.1. The summed E-state index contributed by atoms with van der Waals surface area (Å²) in [7, 11) is -12.2. The number of halogens is 6. The molecule has 0 saturated carbocycles. The first-order valence-corrected chi connectivity index (χ1v) is 15.7. The summed E-state index contributed by atoms with van der Waals surface area (Å²) < 4.78 is 118.